The lowest BCUT2D eigenvalue weighted by Gasteiger charge is -2.03. The molecule has 1 aromatic heterocycles. The zero-order valence-corrected chi connectivity index (χ0v) is 9.91. The number of hydrogen-bond acceptors (Lipinski definition) is 3. The van der Waals surface area contributed by atoms with Gasteiger partial charge < -0.3 is 4.74 Å². The maximum absolute atomic E-state index is 5.08. The Morgan fingerprint density at radius 1 is 1.19 bits per heavy atom. The lowest BCUT2D eigenvalue weighted by atomic mass is 10.2. The van der Waals surface area contributed by atoms with Gasteiger partial charge in [-0.05, 0) is 11.6 Å². The second-order valence-corrected chi connectivity index (χ2v) is 4.36. The largest absolute Gasteiger partial charge is 0.481 e. The molecule has 0 atom stereocenters. The van der Waals surface area contributed by atoms with Crippen LogP contribution in [0.15, 0.2) is 53.6 Å². The van der Waals surface area contributed by atoms with Crippen molar-refractivity contribution in [1.29, 1.82) is 0 Å². The van der Waals surface area contributed by atoms with Crippen LogP contribution in [0.5, 0.6) is 5.88 Å². The summed E-state index contributed by atoms with van der Waals surface area (Å²) >= 11 is 1.78. The molecule has 0 spiro atoms. The molecule has 2 nitrogen and oxygen atoms in total. The van der Waals surface area contributed by atoms with E-state index in [0.29, 0.717) is 5.88 Å². The van der Waals surface area contributed by atoms with Crippen molar-refractivity contribution in [2.75, 3.05) is 7.11 Å². The average molecular weight is 231 g/mol. The SMILES string of the molecule is COc1cc(SCc2ccccc2)ccn1. The topological polar surface area (TPSA) is 22.1 Å². The summed E-state index contributed by atoms with van der Waals surface area (Å²) in [5, 5.41) is 0. The first-order valence-electron chi connectivity index (χ1n) is 5.05. The molecule has 0 N–H and O–H groups in total. The van der Waals surface area contributed by atoms with Crippen molar-refractivity contribution in [2.24, 2.45) is 0 Å². The van der Waals surface area contributed by atoms with Crippen LogP contribution in [0.25, 0.3) is 0 Å². The van der Waals surface area contributed by atoms with Crippen molar-refractivity contribution in [1.82, 2.24) is 4.98 Å². The van der Waals surface area contributed by atoms with E-state index in [1.807, 2.05) is 18.2 Å². The predicted octanol–water partition coefficient (Wildman–Crippen LogP) is 3.38. The Hall–Kier alpha value is -1.48. The third kappa shape index (κ3) is 3.00. The Labute approximate surface area is 99.7 Å². The normalized spacial score (nSPS) is 10.1. The van der Waals surface area contributed by atoms with Gasteiger partial charge in [0.25, 0.3) is 0 Å². The summed E-state index contributed by atoms with van der Waals surface area (Å²) in [7, 11) is 1.63. The van der Waals surface area contributed by atoms with Gasteiger partial charge in [0.05, 0.1) is 7.11 Å². The molecule has 0 amide bonds. The van der Waals surface area contributed by atoms with Gasteiger partial charge in [0.2, 0.25) is 5.88 Å². The molecule has 0 radical (unpaired) electrons. The van der Waals surface area contributed by atoms with Crippen LogP contribution in [-0.2, 0) is 5.75 Å². The number of benzene rings is 1. The number of rotatable bonds is 4. The summed E-state index contributed by atoms with van der Waals surface area (Å²) in [6.07, 6.45) is 1.77. The Morgan fingerprint density at radius 3 is 2.75 bits per heavy atom. The minimum Gasteiger partial charge on any atom is -0.481 e. The van der Waals surface area contributed by atoms with E-state index in [0.717, 1.165) is 5.75 Å². The molecule has 1 aromatic carbocycles. The van der Waals surface area contributed by atoms with E-state index in [-0.39, 0.29) is 0 Å². The number of ether oxygens (including phenoxy) is 1. The van der Waals surface area contributed by atoms with Crippen molar-refractivity contribution in [3.8, 4) is 5.88 Å². The number of thioether (sulfide) groups is 1. The minimum absolute atomic E-state index is 0.665. The quantitative estimate of drug-likeness (QED) is 0.753. The van der Waals surface area contributed by atoms with Crippen LogP contribution in [0.1, 0.15) is 5.56 Å². The third-order valence-corrected chi connectivity index (χ3v) is 3.23. The van der Waals surface area contributed by atoms with Crippen LogP contribution in [0.3, 0.4) is 0 Å². The van der Waals surface area contributed by atoms with E-state index in [4.69, 9.17) is 4.74 Å². The molecule has 0 fully saturated rings. The van der Waals surface area contributed by atoms with Crippen LogP contribution in [0, 0.1) is 0 Å². The van der Waals surface area contributed by atoms with Gasteiger partial charge in [-0.3, -0.25) is 0 Å². The zero-order valence-electron chi connectivity index (χ0n) is 9.09. The van der Waals surface area contributed by atoms with Crippen LogP contribution in [0.4, 0.5) is 0 Å². The van der Waals surface area contributed by atoms with Crippen molar-refractivity contribution in [2.45, 2.75) is 10.6 Å². The fraction of sp³-hybridized carbons (Fsp3) is 0.154. The fourth-order valence-electron chi connectivity index (χ4n) is 1.33. The molecule has 16 heavy (non-hydrogen) atoms. The van der Waals surface area contributed by atoms with Gasteiger partial charge >= 0.3 is 0 Å². The third-order valence-electron chi connectivity index (χ3n) is 2.16. The number of methoxy groups -OCH3 is 1. The molecule has 0 bridgehead atoms. The lowest BCUT2D eigenvalue weighted by molar-refractivity contribution is 0.396. The first-order chi connectivity index (χ1) is 7.88. The highest BCUT2D eigenvalue weighted by molar-refractivity contribution is 7.98. The van der Waals surface area contributed by atoms with E-state index in [1.54, 1.807) is 25.1 Å². The first kappa shape index (κ1) is 11.0. The summed E-state index contributed by atoms with van der Waals surface area (Å²) in [5.41, 5.74) is 1.32. The van der Waals surface area contributed by atoms with Crippen LogP contribution < -0.4 is 4.74 Å². The predicted molar refractivity (Wildman–Crippen MR) is 66.8 cm³/mol. The van der Waals surface area contributed by atoms with Gasteiger partial charge in [0.15, 0.2) is 0 Å². The summed E-state index contributed by atoms with van der Waals surface area (Å²) in [4.78, 5) is 5.25. The Kier molecular flexibility index (Phi) is 3.83. The highest BCUT2D eigenvalue weighted by Crippen LogP contribution is 2.24. The average Bonchev–Trinajstić information content (AvgIpc) is 2.38. The van der Waals surface area contributed by atoms with Crippen molar-refractivity contribution < 1.29 is 4.74 Å². The maximum atomic E-state index is 5.08. The molecule has 2 aromatic rings. The second kappa shape index (κ2) is 5.56. The van der Waals surface area contributed by atoms with E-state index < -0.39 is 0 Å². The van der Waals surface area contributed by atoms with Crippen LogP contribution in [0.2, 0.25) is 0 Å². The molecule has 0 saturated carbocycles. The molecule has 0 unspecified atom stereocenters. The van der Waals surface area contributed by atoms with E-state index >= 15 is 0 Å². The first-order valence-corrected chi connectivity index (χ1v) is 6.04. The maximum Gasteiger partial charge on any atom is 0.214 e. The molecule has 3 heteroatoms. The summed E-state index contributed by atoms with van der Waals surface area (Å²) < 4.78 is 5.08. The fourth-order valence-corrected chi connectivity index (χ4v) is 2.20. The highest BCUT2D eigenvalue weighted by atomic mass is 32.2. The molecule has 0 aliphatic rings. The molecule has 1 heterocycles. The molecule has 2 rings (SSSR count). The second-order valence-electron chi connectivity index (χ2n) is 3.31. The van der Waals surface area contributed by atoms with E-state index in [1.165, 1.54) is 10.5 Å². The van der Waals surface area contributed by atoms with Gasteiger partial charge in [0.1, 0.15) is 0 Å². The monoisotopic (exact) mass is 231 g/mol. The Morgan fingerprint density at radius 2 is 2.00 bits per heavy atom. The van der Waals surface area contributed by atoms with Crippen molar-refractivity contribution >= 4 is 11.8 Å². The van der Waals surface area contributed by atoms with Gasteiger partial charge in [-0.1, -0.05) is 30.3 Å². The smallest absolute Gasteiger partial charge is 0.214 e. The summed E-state index contributed by atoms with van der Waals surface area (Å²) in [6, 6.07) is 14.4. The van der Waals surface area contributed by atoms with E-state index in [2.05, 4.69) is 29.2 Å². The van der Waals surface area contributed by atoms with Gasteiger partial charge in [-0.25, -0.2) is 4.98 Å². The van der Waals surface area contributed by atoms with Crippen molar-refractivity contribution in [3.05, 3.63) is 54.2 Å². The number of aromatic nitrogens is 1. The summed E-state index contributed by atoms with van der Waals surface area (Å²) in [5.74, 6) is 1.63. The van der Waals surface area contributed by atoms with Gasteiger partial charge in [-0.15, -0.1) is 11.8 Å². The molecular weight excluding hydrogens is 218 g/mol. The molecule has 0 aliphatic carbocycles. The van der Waals surface area contributed by atoms with E-state index in [9.17, 15) is 0 Å². The standard InChI is InChI=1S/C13H13NOS/c1-15-13-9-12(7-8-14-13)16-10-11-5-3-2-4-6-11/h2-9H,10H2,1H3. The lowest BCUT2D eigenvalue weighted by Crippen LogP contribution is -1.86. The number of hydrogen-bond donors (Lipinski definition) is 0. The van der Waals surface area contributed by atoms with Gasteiger partial charge in [0, 0.05) is 22.9 Å². The zero-order chi connectivity index (χ0) is 11.2. The van der Waals surface area contributed by atoms with Gasteiger partial charge in [-0.2, -0.15) is 0 Å². The Bertz CT molecular complexity index is 445. The molecule has 82 valence electrons. The Balaban J connectivity index is 1.99. The molecule has 0 saturated heterocycles. The van der Waals surface area contributed by atoms with Crippen LogP contribution >= 0.6 is 11.8 Å². The van der Waals surface area contributed by atoms with Crippen LogP contribution in [-0.4, -0.2) is 12.1 Å². The number of nitrogens with zero attached hydrogens (tertiary/aromatic N) is 1. The molecular formula is C13H13NOS. The molecule has 0 aliphatic heterocycles. The van der Waals surface area contributed by atoms with Crippen molar-refractivity contribution in [3.63, 3.8) is 0 Å². The number of pyridine rings is 1. The summed E-state index contributed by atoms with van der Waals surface area (Å²) in [6.45, 7) is 0. The highest BCUT2D eigenvalue weighted by Gasteiger charge is 1.98. The minimum atomic E-state index is 0.665.